The monoisotopic (exact) mass is 283 g/mol. The second-order valence-corrected chi connectivity index (χ2v) is 5.36. The zero-order valence-corrected chi connectivity index (χ0v) is 12.4. The average molecular weight is 283 g/mol. The number of hydrogen-bond donors (Lipinski definition) is 0. The van der Waals surface area contributed by atoms with E-state index in [1.165, 1.54) is 0 Å². The molecule has 1 aromatic rings. The largest absolute Gasteiger partial charge is 0.466 e. The molecular weight excluding hydrogens is 262 g/mol. The molecule has 1 saturated heterocycles. The molecular formula is C13H21N3O2S. The summed E-state index contributed by atoms with van der Waals surface area (Å²) in [6.45, 7) is 9.75. The van der Waals surface area contributed by atoms with Crippen molar-refractivity contribution in [1.82, 2.24) is 9.88 Å². The number of thiazole rings is 1. The van der Waals surface area contributed by atoms with Gasteiger partial charge in [0, 0.05) is 31.6 Å². The molecule has 2 rings (SSSR count). The summed E-state index contributed by atoms with van der Waals surface area (Å²) in [5.74, 6) is -0.199. The molecule has 0 aromatic carbocycles. The number of carbonyl (C=O) groups is 1. The summed E-state index contributed by atoms with van der Waals surface area (Å²) in [4.78, 5) is 20.7. The highest BCUT2D eigenvalue weighted by Crippen LogP contribution is 2.22. The maximum Gasteiger partial charge on any atom is 0.311 e. The molecule has 0 aliphatic carbocycles. The molecule has 0 N–H and O–H groups in total. The molecule has 0 amide bonds. The van der Waals surface area contributed by atoms with Crippen LogP contribution in [0.5, 0.6) is 0 Å². The van der Waals surface area contributed by atoms with Crippen molar-refractivity contribution < 1.29 is 9.53 Å². The van der Waals surface area contributed by atoms with Crippen molar-refractivity contribution in [1.29, 1.82) is 0 Å². The number of nitrogens with zero attached hydrogens (tertiary/aromatic N) is 3. The van der Waals surface area contributed by atoms with Crippen LogP contribution in [0.1, 0.15) is 19.5 Å². The molecule has 5 nitrogen and oxygen atoms in total. The number of piperazine rings is 1. The summed E-state index contributed by atoms with van der Waals surface area (Å²) in [6.07, 6.45) is 0.277. The van der Waals surface area contributed by atoms with Gasteiger partial charge in [-0.3, -0.25) is 4.79 Å². The molecule has 0 spiro atoms. The predicted octanol–water partition coefficient (Wildman–Crippen LogP) is 1.39. The fraction of sp³-hybridized carbons (Fsp3) is 0.692. The number of aromatic nitrogens is 1. The smallest absolute Gasteiger partial charge is 0.311 e. The van der Waals surface area contributed by atoms with E-state index >= 15 is 0 Å². The molecule has 0 unspecified atom stereocenters. The molecule has 0 bridgehead atoms. The topological polar surface area (TPSA) is 45.7 Å². The Bertz CT molecular complexity index is 414. The number of likely N-dealkylation sites (N-methyl/N-ethyl adjacent to an activating group) is 1. The normalized spacial score (nSPS) is 16.6. The van der Waals surface area contributed by atoms with E-state index in [1.54, 1.807) is 11.3 Å². The van der Waals surface area contributed by atoms with Crippen LogP contribution in [0.2, 0.25) is 0 Å². The molecule has 1 aliphatic rings. The number of hydrogen-bond acceptors (Lipinski definition) is 6. The van der Waals surface area contributed by atoms with E-state index in [2.05, 4.69) is 21.7 Å². The van der Waals surface area contributed by atoms with Crippen LogP contribution in [-0.2, 0) is 16.0 Å². The van der Waals surface area contributed by atoms with Gasteiger partial charge in [0.25, 0.3) is 0 Å². The first-order valence-corrected chi connectivity index (χ1v) is 7.68. The summed E-state index contributed by atoms with van der Waals surface area (Å²) in [7, 11) is 0. The van der Waals surface area contributed by atoms with E-state index in [1.807, 2.05) is 12.3 Å². The summed E-state index contributed by atoms with van der Waals surface area (Å²) >= 11 is 1.61. The molecule has 0 radical (unpaired) electrons. The van der Waals surface area contributed by atoms with Gasteiger partial charge in [-0.2, -0.15) is 0 Å². The van der Waals surface area contributed by atoms with Crippen molar-refractivity contribution >= 4 is 22.4 Å². The van der Waals surface area contributed by atoms with E-state index in [0.29, 0.717) is 6.61 Å². The van der Waals surface area contributed by atoms with E-state index in [-0.39, 0.29) is 12.4 Å². The Morgan fingerprint density at radius 2 is 2.11 bits per heavy atom. The molecule has 1 fully saturated rings. The van der Waals surface area contributed by atoms with Crippen LogP contribution in [0.25, 0.3) is 0 Å². The highest BCUT2D eigenvalue weighted by Gasteiger charge is 2.18. The van der Waals surface area contributed by atoms with Gasteiger partial charge in [-0.15, -0.1) is 11.3 Å². The van der Waals surface area contributed by atoms with Crippen LogP contribution in [0.3, 0.4) is 0 Å². The van der Waals surface area contributed by atoms with Crippen molar-refractivity contribution in [3.8, 4) is 0 Å². The van der Waals surface area contributed by atoms with Crippen LogP contribution >= 0.6 is 11.3 Å². The number of anilines is 1. The molecule has 0 saturated carbocycles. The van der Waals surface area contributed by atoms with Crippen LogP contribution < -0.4 is 4.90 Å². The minimum Gasteiger partial charge on any atom is -0.466 e. The van der Waals surface area contributed by atoms with Crippen molar-refractivity contribution in [3.05, 3.63) is 11.1 Å². The Hall–Kier alpha value is -1.14. The summed E-state index contributed by atoms with van der Waals surface area (Å²) < 4.78 is 4.93. The molecule has 1 aliphatic heterocycles. The minimum absolute atomic E-state index is 0.199. The van der Waals surface area contributed by atoms with Crippen LogP contribution in [-0.4, -0.2) is 55.2 Å². The lowest BCUT2D eigenvalue weighted by atomic mass is 10.3. The summed E-state index contributed by atoms with van der Waals surface area (Å²) in [5.41, 5.74) is 0.816. The lowest BCUT2D eigenvalue weighted by Gasteiger charge is -2.33. The van der Waals surface area contributed by atoms with Crippen molar-refractivity contribution in [2.24, 2.45) is 0 Å². The maximum absolute atomic E-state index is 11.4. The molecule has 1 aromatic heterocycles. The Balaban J connectivity index is 1.88. The number of carbonyl (C=O) groups excluding carboxylic acids is 1. The fourth-order valence-corrected chi connectivity index (χ4v) is 3.02. The van der Waals surface area contributed by atoms with Gasteiger partial charge in [0.2, 0.25) is 0 Å². The van der Waals surface area contributed by atoms with Crippen LogP contribution in [0.15, 0.2) is 5.38 Å². The van der Waals surface area contributed by atoms with E-state index in [9.17, 15) is 4.79 Å². The zero-order chi connectivity index (χ0) is 13.7. The molecule has 106 valence electrons. The lowest BCUT2D eigenvalue weighted by Crippen LogP contribution is -2.46. The van der Waals surface area contributed by atoms with Gasteiger partial charge in [-0.1, -0.05) is 6.92 Å². The van der Waals surface area contributed by atoms with Crippen molar-refractivity contribution in [3.63, 3.8) is 0 Å². The zero-order valence-electron chi connectivity index (χ0n) is 11.6. The van der Waals surface area contributed by atoms with Gasteiger partial charge in [-0.05, 0) is 13.5 Å². The minimum atomic E-state index is -0.199. The predicted molar refractivity (Wildman–Crippen MR) is 76.8 cm³/mol. The first kappa shape index (κ1) is 14.3. The van der Waals surface area contributed by atoms with Gasteiger partial charge in [0.1, 0.15) is 0 Å². The highest BCUT2D eigenvalue weighted by molar-refractivity contribution is 7.13. The van der Waals surface area contributed by atoms with Gasteiger partial charge >= 0.3 is 5.97 Å². The van der Waals surface area contributed by atoms with Crippen LogP contribution in [0, 0.1) is 0 Å². The van der Waals surface area contributed by atoms with E-state index in [4.69, 9.17) is 4.74 Å². The first-order chi connectivity index (χ1) is 9.22. The first-order valence-electron chi connectivity index (χ1n) is 6.80. The van der Waals surface area contributed by atoms with Crippen LogP contribution in [0.4, 0.5) is 5.13 Å². The molecule has 6 heteroatoms. The van der Waals surface area contributed by atoms with Gasteiger partial charge in [0.05, 0.1) is 18.7 Å². The maximum atomic E-state index is 11.4. The second-order valence-electron chi connectivity index (χ2n) is 4.52. The third kappa shape index (κ3) is 3.91. The lowest BCUT2D eigenvalue weighted by molar-refractivity contribution is -0.142. The average Bonchev–Trinajstić information content (AvgIpc) is 2.87. The summed E-state index contributed by atoms with van der Waals surface area (Å²) in [6, 6.07) is 0. The molecule has 2 heterocycles. The highest BCUT2D eigenvalue weighted by atomic mass is 32.1. The SMILES string of the molecule is CCOC(=O)Cc1csc(N2CCN(CC)CC2)n1. The van der Waals surface area contributed by atoms with Gasteiger partial charge < -0.3 is 14.5 Å². The number of esters is 1. The van der Waals surface area contributed by atoms with Crippen molar-refractivity contribution in [2.75, 3.05) is 44.2 Å². The van der Waals surface area contributed by atoms with E-state index < -0.39 is 0 Å². The standard InChI is InChI=1S/C13H21N3O2S/c1-3-15-5-7-16(8-6-15)13-14-11(10-19-13)9-12(17)18-4-2/h10H,3-9H2,1-2H3. The summed E-state index contributed by atoms with van der Waals surface area (Å²) in [5, 5.41) is 2.98. The Kier molecular flexibility index (Phi) is 5.15. The third-order valence-electron chi connectivity index (χ3n) is 3.26. The molecule has 19 heavy (non-hydrogen) atoms. The van der Waals surface area contributed by atoms with Gasteiger partial charge in [-0.25, -0.2) is 4.98 Å². The fourth-order valence-electron chi connectivity index (χ4n) is 2.14. The quantitative estimate of drug-likeness (QED) is 0.764. The number of rotatable bonds is 5. The van der Waals surface area contributed by atoms with Crippen molar-refractivity contribution in [2.45, 2.75) is 20.3 Å². The Labute approximate surface area is 118 Å². The Morgan fingerprint density at radius 3 is 2.74 bits per heavy atom. The molecule has 0 atom stereocenters. The van der Waals surface area contributed by atoms with Gasteiger partial charge in [0.15, 0.2) is 5.13 Å². The number of ether oxygens (including phenoxy) is 1. The second kappa shape index (κ2) is 6.86. The Morgan fingerprint density at radius 1 is 1.37 bits per heavy atom. The third-order valence-corrected chi connectivity index (χ3v) is 4.21. The van der Waals surface area contributed by atoms with E-state index in [0.717, 1.165) is 43.5 Å².